The highest BCUT2D eigenvalue weighted by molar-refractivity contribution is 5.71. The average molecular weight is 991 g/mol. The van der Waals surface area contributed by atoms with Crippen LogP contribution in [0.25, 0.3) is 0 Å². The number of nitrogens with one attached hydrogen (secondary N) is 3. The second-order valence-corrected chi connectivity index (χ2v) is 20.9. The van der Waals surface area contributed by atoms with Crippen molar-refractivity contribution in [1.29, 1.82) is 0 Å². The molecule has 3 atom stereocenters. The van der Waals surface area contributed by atoms with Crippen molar-refractivity contribution in [3.05, 3.63) is 89.5 Å². The average Bonchev–Trinajstić information content (AvgIpc) is 3.28. The van der Waals surface area contributed by atoms with Crippen LogP contribution in [0, 0.1) is 5.41 Å². The number of rotatable bonds is 35. The molecule has 0 aromatic heterocycles. The lowest BCUT2D eigenvalue weighted by Crippen LogP contribution is -2.60. The van der Waals surface area contributed by atoms with E-state index < -0.39 is 27.8 Å². The number of esters is 3. The molecule has 0 spiro atoms. The zero-order valence-corrected chi connectivity index (χ0v) is 45.0. The van der Waals surface area contributed by atoms with Gasteiger partial charge in [0.25, 0.3) is 0 Å². The summed E-state index contributed by atoms with van der Waals surface area (Å²) in [4.78, 5) is 38.9. The number of carbonyl (C=O) groups excluding carboxylic acids is 3. The molecule has 0 aliphatic rings. The van der Waals surface area contributed by atoms with E-state index in [1.807, 2.05) is 114 Å². The monoisotopic (exact) mass is 991 g/mol. The largest absolute Gasteiger partial charge is 0.460 e. The Labute approximate surface area is 425 Å². The summed E-state index contributed by atoms with van der Waals surface area (Å²) in [5.41, 5.74) is 19.4. The van der Waals surface area contributed by atoms with Crippen molar-refractivity contribution in [2.24, 2.45) is 5.41 Å². The van der Waals surface area contributed by atoms with E-state index in [-0.39, 0.29) is 49.4 Å². The molecule has 0 aliphatic heterocycles. The van der Waals surface area contributed by atoms with Crippen LogP contribution in [0.1, 0.15) is 144 Å². The lowest BCUT2D eigenvalue weighted by atomic mass is 9.63. The van der Waals surface area contributed by atoms with E-state index in [1.54, 1.807) is 0 Å². The third-order valence-electron chi connectivity index (χ3n) is 13.4. The third-order valence-corrected chi connectivity index (χ3v) is 13.4. The second kappa shape index (κ2) is 29.1. The molecule has 0 aliphatic carbocycles. The van der Waals surface area contributed by atoms with Gasteiger partial charge in [-0.15, -0.1) is 0 Å². The first-order valence-corrected chi connectivity index (χ1v) is 25.6. The van der Waals surface area contributed by atoms with Crippen molar-refractivity contribution in [2.45, 2.75) is 182 Å². The van der Waals surface area contributed by atoms with Crippen LogP contribution < -0.4 is 33.2 Å². The molecular formula is C56H90N6O9. The Morgan fingerprint density at radius 2 is 0.859 bits per heavy atom. The number of ether oxygens (including phenoxy) is 6. The Morgan fingerprint density at radius 3 is 1.20 bits per heavy atom. The number of nitrogen functional groups attached to an aromatic ring is 3. The molecule has 0 radical (unpaired) electrons. The molecule has 3 aromatic carbocycles. The van der Waals surface area contributed by atoms with Gasteiger partial charge in [0.05, 0.1) is 62.3 Å². The van der Waals surface area contributed by atoms with Crippen molar-refractivity contribution in [2.75, 3.05) is 56.7 Å². The van der Waals surface area contributed by atoms with Gasteiger partial charge in [0.2, 0.25) is 0 Å². The van der Waals surface area contributed by atoms with Crippen molar-refractivity contribution < 1.29 is 42.8 Å². The van der Waals surface area contributed by atoms with Crippen LogP contribution in [0.4, 0.5) is 17.1 Å². The fraction of sp³-hybridized carbons (Fsp3) is 0.625. The minimum Gasteiger partial charge on any atom is -0.460 e. The van der Waals surface area contributed by atoms with Crippen LogP contribution in [0.3, 0.4) is 0 Å². The van der Waals surface area contributed by atoms with Crippen molar-refractivity contribution >= 4 is 35.0 Å². The van der Waals surface area contributed by atoms with Gasteiger partial charge in [-0.2, -0.15) is 0 Å². The lowest BCUT2D eigenvalue weighted by molar-refractivity contribution is -0.230. The molecule has 15 heteroatoms. The van der Waals surface area contributed by atoms with Crippen LogP contribution in [0.2, 0.25) is 0 Å². The van der Waals surface area contributed by atoms with E-state index in [0.717, 1.165) is 16.7 Å². The predicted octanol–water partition coefficient (Wildman–Crippen LogP) is 8.80. The van der Waals surface area contributed by atoms with Gasteiger partial charge in [-0.1, -0.05) is 68.4 Å². The highest BCUT2D eigenvalue weighted by atomic mass is 16.6. The SMILES string of the molecule is CCC(OCCC(C)(C)OC(=O)CCNCc1ccccc1N)C(CC)(C(C)OCCC(C)(C)OC(=O)CCNCc1ccccc1N)C(C)(C)OCCC(C)(C)OC(=O)CCNCc1ccccc1N. The summed E-state index contributed by atoms with van der Waals surface area (Å²) in [6, 6.07) is 22.9. The van der Waals surface area contributed by atoms with Gasteiger partial charge in [-0.25, -0.2) is 0 Å². The maximum absolute atomic E-state index is 13.0. The summed E-state index contributed by atoms with van der Waals surface area (Å²) in [7, 11) is 0. The van der Waals surface area contributed by atoms with E-state index in [2.05, 4.69) is 50.6 Å². The molecule has 0 saturated heterocycles. The lowest BCUT2D eigenvalue weighted by Gasteiger charge is -2.53. The smallest absolute Gasteiger partial charge is 0.307 e. The minimum absolute atomic E-state index is 0.210. The number of carbonyl (C=O) groups is 3. The number of anilines is 3. The molecular weight excluding hydrogens is 901 g/mol. The van der Waals surface area contributed by atoms with Crippen LogP contribution in [-0.2, 0) is 62.4 Å². The van der Waals surface area contributed by atoms with E-state index in [1.165, 1.54) is 0 Å². The van der Waals surface area contributed by atoms with E-state index in [9.17, 15) is 14.4 Å². The van der Waals surface area contributed by atoms with E-state index >= 15 is 0 Å². The molecule has 0 heterocycles. The van der Waals surface area contributed by atoms with Crippen molar-refractivity contribution in [1.82, 2.24) is 16.0 Å². The number of hydrogen-bond acceptors (Lipinski definition) is 15. The summed E-state index contributed by atoms with van der Waals surface area (Å²) in [6.07, 6.45) is 2.57. The topological polar surface area (TPSA) is 221 Å². The molecule has 15 nitrogen and oxygen atoms in total. The Morgan fingerprint density at radius 1 is 0.521 bits per heavy atom. The molecule has 71 heavy (non-hydrogen) atoms. The molecule has 398 valence electrons. The Kier molecular flexibility index (Phi) is 24.8. The highest BCUT2D eigenvalue weighted by Gasteiger charge is 2.55. The number of benzene rings is 3. The van der Waals surface area contributed by atoms with Crippen LogP contribution >= 0.6 is 0 Å². The van der Waals surface area contributed by atoms with Gasteiger partial charge >= 0.3 is 17.9 Å². The summed E-state index contributed by atoms with van der Waals surface area (Å²) in [5, 5.41) is 9.84. The molecule has 3 unspecified atom stereocenters. The van der Waals surface area contributed by atoms with E-state index in [0.29, 0.717) is 108 Å². The first-order valence-electron chi connectivity index (χ1n) is 25.6. The Hall–Kier alpha value is -4.77. The molecule has 0 bridgehead atoms. The fourth-order valence-electron chi connectivity index (χ4n) is 9.03. The minimum atomic E-state index is -0.816. The van der Waals surface area contributed by atoms with Gasteiger partial charge in [0.15, 0.2) is 0 Å². The number of para-hydroxylation sites is 3. The highest BCUT2D eigenvalue weighted by Crippen LogP contribution is 2.48. The van der Waals surface area contributed by atoms with Crippen LogP contribution in [0.5, 0.6) is 0 Å². The van der Waals surface area contributed by atoms with Crippen LogP contribution in [-0.4, -0.2) is 92.0 Å². The van der Waals surface area contributed by atoms with Crippen molar-refractivity contribution in [3.63, 3.8) is 0 Å². The summed E-state index contributed by atoms with van der Waals surface area (Å²) in [5.74, 6) is -0.899. The fourth-order valence-corrected chi connectivity index (χ4v) is 9.03. The Balaban J connectivity index is 1.65. The van der Waals surface area contributed by atoms with Gasteiger partial charge in [0.1, 0.15) is 16.8 Å². The quantitative estimate of drug-likeness (QED) is 0.0140. The molecule has 9 N–H and O–H groups in total. The maximum atomic E-state index is 13.0. The molecule has 0 saturated carbocycles. The van der Waals surface area contributed by atoms with Gasteiger partial charge in [-0.05, 0) is 110 Å². The first kappa shape index (κ1) is 60.5. The molecule has 3 rings (SSSR count). The Bertz CT molecular complexity index is 2080. The third kappa shape index (κ3) is 20.7. The second-order valence-electron chi connectivity index (χ2n) is 20.9. The van der Waals surface area contributed by atoms with Gasteiger partial charge < -0.3 is 61.6 Å². The van der Waals surface area contributed by atoms with Gasteiger partial charge in [-0.3, -0.25) is 14.4 Å². The number of nitrogens with two attached hydrogens (primary N) is 3. The summed E-state index contributed by atoms with van der Waals surface area (Å²) < 4.78 is 38.4. The molecule has 3 aromatic rings. The van der Waals surface area contributed by atoms with Crippen LogP contribution in [0.15, 0.2) is 72.8 Å². The normalized spacial score (nSPS) is 14.1. The maximum Gasteiger partial charge on any atom is 0.307 e. The molecule has 0 amide bonds. The molecule has 0 fully saturated rings. The first-order chi connectivity index (χ1) is 33.5. The summed E-state index contributed by atoms with van der Waals surface area (Å²) >= 11 is 0. The van der Waals surface area contributed by atoms with E-state index in [4.69, 9.17) is 45.6 Å². The zero-order chi connectivity index (χ0) is 52.7. The standard InChI is InChI=1S/C56H90N6O9/c1-12-48(67-36-30-53(6,7)70-50(64)27-33-61-39-43-21-15-18-24-46(43)58)56(13-2,41(3)66-35-29-52(4,5)69-49(63)26-32-60-38-42-20-14-17-23-45(42)57)55(10,11)68-37-31-54(8,9)71-51(65)28-34-62-40-44-22-16-19-25-47(44)59/h14-25,41,48,60-62H,12-13,26-40,57-59H2,1-11H3. The van der Waals surface area contributed by atoms with Crippen molar-refractivity contribution in [3.8, 4) is 0 Å². The predicted molar refractivity (Wildman–Crippen MR) is 284 cm³/mol. The zero-order valence-electron chi connectivity index (χ0n) is 45.0. The van der Waals surface area contributed by atoms with Gasteiger partial charge in [0, 0.05) is 75.6 Å². The number of hydrogen-bond donors (Lipinski definition) is 6. The summed E-state index contributed by atoms with van der Waals surface area (Å²) in [6.45, 7) is 25.8.